The van der Waals surface area contributed by atoms with Crippen LogP contribution in [0.3, 0.4) is 0 Å². The molecule has 0 unspecified atom stereocenters. The lowest BCUT2D eigenvalue weighted by Crippen LogP contribution is -2.09. The molecule has 0 spiro atoms. The summed E-state index contributed by atoms with van der Waals surface area (Å²) in [6, 6.07) is 15.6. The van der Waals surface area contributed by atoms with Crippen LogP contribution in [-0.4, -0.2) is 30.5 Å². The van der Waals surface area contributed by atoms with Gasteiger partial charge in [-0.2, -0.15) is 0 Å². The Morgan fingerprint density at radius 1 is 0.920 bits per heavy atom. The van der Waals surface area contributed by atoms with E-state index in [0.717, 1.165) is 11.5 Å². The predicted molar refractivity (Wildman–Crippen MR) is 106 cm³/mol. The lowest BCUT2D eigenvalue weighted by Gasteiger charge is -2.21. The highest BCUT2D eigenvalue weighted by Gasteiger charge is 2.16. The van der Waals surface area contributed by atoms with Crippen molar-refractivity contribution in [1.29, 1.82) is 0 Å². The molecule has 3 nitrogen and oxygen atoms in total. The summed E-state index contributed by atoms with van der Waals surface area (Å²) in [5.41, 5.74) is 2.06. The van der Waals surface area contributed by atoms with Crippen LogP contribution in [0.1, 0.15) is 33.8 Å². The molecular weight excluding hydrogens is 352 g/mol. The van der Waals surface area contributed by atoms with Gasteiger partial charge >= 0.3 is 0 Å². The Hall–Kier alpha value is -1.59. The van der Waals surface area contributed by atoms with Gasteiger partial charge in [-0.15, -0.1) is 23.5 Å². The summed E-state index contributed by atoms with van der Waals surface area (Å²) < 4.78 is 11.9. The average molecular weight is 375 g/mol. The lowest BCUT2D eigenvalue weighted by atomic mass is 10.1. The van der Waals surface area contributed by atoms with Gasteiger partial charge in [0.05, 0.1) is 4.58 Å². The summed E-state index contributed by atoms with van der Waals surface area (Å²) in [4.78, 5) is 11.2. The highest BCUT2D eigenvalue weighted by molar-refractivity contribution is 8.16. The van der Waals surface area contributed by atoms with Crippen LogP contribution in [0.4, 0.5) is 0 Å². The van der Waals surface area contributed by atoms with Crippen LogP contribution in [0, 0.1) is 0 Å². The zero-order valence-corrected chi connectivity index (χ0v) is 15.9. The summed E-state index contributed by atoms with van der Waals surface area (Å²) in [5.74, 6) is 4.17. The summed E-state index contributed by atoms with van der Waals surface area (Å²) in [6.07, 6.45) is 1.31. The Balaban J connectivity index is 1.42. The van der Waals surface area contributed by atoms with Crippen molar-refractivity contribution >= 4 is 29.3 Å². The van der Waals surface area contributed by atoms with Crippen LogP contribution in [0.25, 0.3) is 0 Å². The van der Waals surface area contributed by atoms with Gasteiger partial charge in [0, 0.05) is 5.56 Å². The molecule has 0 N–H and O–H groups in total. The summed E-state index contributed by atoms with van der Waals surface area (Å²) in [7, 11) is 0. The van der Waals surface area contributed by atoms with E-state index < -0.39 is 0 Å². The minimum atomic E-state index is 0.0587. The molecule has 2 aromatic rings. The van der Waals surface area contributed by atoms with E-state index in [9.17, 15) is 4.79 Å². The van der Waals surface area contributed by atoms with Crippen LogP contribution in [0.2, 0.25) is 0 Å². The highest BCUT2D eigenvalue weighted by atomic mass is 32.2. The molecule has 1 heterocycles. The molecule has 1 fully saturated rings. The van der Waals surface area contributed by atoms with E-state index in [1.165, 1.54) is 23.5 Å². The van der Waals surface area contributed by atoms with Crippen LogP contribution in [0.15, 0.2) is 48.5 Å². The van der Waals surface area contributed by atoms with Gasteiger partial charge < -0.3 is 9.47 Å². The molecule has 0 saturated carbocycles. The predicted octanol–water partition coefficient (Wildman–Crippen LogP) is 5.22. The Bertz CT molecular complexity index is 677. The maximum absolute atomic E-state index is 11.2. The van der Waals surface area contributed by atoms with E-state index in [-0.39, 0.29) is 5.78 Å². The van der Waals surface area contributed by atoms with Gasteiger partial charge in [0.2, 0.25) is 0 Å². The van der Waals surface area contributed by atoms with E-state index in [4.69, 9.17) is 9.47 Å². The molecule has 0 bridgehead atoms. The first-order valence-electron chi connectivity index (χ1n) is 8.42. The van der Waals surface area contributed by atoms with E-state index in [1.54, 1.807) is 19.1 Å². The maximum atomic E-state index is 11.2. The molecule has 1 aliphatic rings. The third-order valence-electron chi connectivity index (χ3n) is 3.86. The first-order chi connectivity index (χ1) is 12.2. The molecule has 1 saturated heterocycles. The van der Waals surface area contributed by atoms with Crippen LogP contribution in [0.5, 0.6) is 11.5 Å². The molecule has 5 heteroatoms. The number of benzene rings is 2. The fraction of sp³-hybridized carbons (Fsp3) is 0.350. The van der Waals surface area contributed by atoms with E-state index in [0.29, 0.717) is 23.4 Å². The Morgan fingerprint density at radius 2 is 1.44 bits per heavy atom. The van der Waals surface area contributed by atoms with Crippen molar-refractivity contribution in [2.45, 2.75) is 17.9 Å². The highest BCUT2D eigenvalue weighted by Crippen LogP contribution is 2.43. The summed E-state index contributed by atoms with van der Waals surface area (Å²) in [5, 5.41) is 0. The molecular formula is C20H22O3S2. The van der Waals surface area contributed by atoms with Gasteiger partial charge in [-0.05, 0) is 66.8 Å². The Kier molecular flexibility index (Phi) is 6.70. The third kappa shape index (κ3) is 5.44. The van der Waals surface area contributed by atoms with Crippen molar-refractivity contribution in [3.63, 3.8) is 0 Å². The van der Waals surface area contributed by atoms with Gasteiger partial charge in [-0.25, -0.2) is 0 Å². The molecule has 25 heavy (non-hydrogen) atoms. The van der Waals surface area contributed by atoms with Crippen LogP contribution in [-0.2, 0) is 0 Å². The second kappa shape index (κ2) is 9.20. The topological polar surface area (TPSA) is 35.5 Å². The smallest absolute Gasteiger partial charge is 0.159 e. The van der Waals surface area contributed by atoms with Crippen molar-refractivity contribution in [3.8, 4) is 11.5 Å². The molecule has 0 aromatic heterocycles. The number of Topliss-reactive ketones (excluding diaryl/α,β-unsaturated/α-hetero) is 1. The maximum Gasteiger partial charge on any atom is 0.159 e. The number of rotatable bonds is 7. The average Bonchev–Trinajstić information content (AvgIpc) is 2.67. The monoisotopic (exact) mass is 374 g/mol. The molecule has 0 radical (unpaired) electrons. The largest absolute Gasteiger partial charge is 0.490 e. The van der Waals surface area contributed by atoms with Gasteiger partial charge in [-0.3, -0.25) is 4.79 Å². The molecule has 1 aliphatic heterocycles. The van der Waals surface area contributed by atoms with Gasteiger partial charge in [0.15, 0.2) is 5.78 Å². The Morgan fingerprint density at radius 3 is 1.96 bits per heavy atom. The standard InChI is InChI=1S/C20H22O3S2/c1-15(21)16-3-7-18(8-4-16)22-11-12-23-19-9-5-17(6-10-19)20-24-13-2-14-25-20/h3-10,20H,2,11-14H2,1H3. The number of ether oxygens (including phenoxy) is 2. The number of carbonyl (C=O) groups excluding carboxylic acids is 1. The third-order valence-corrected chi connectivity index (χ3v) is 6.88. The van der Waals surface area contributed by atoms with Crippen LogP contribution >= 0.6 is 23.5 Å². The van der Waals surface area contributed by atoms with Crippen molar-refractivity contribution in [2.24, 2.45) is 0 Å². The minimum absolute atomic E-state index is 0.0587. The van der Waals surface area contributed by atoms with E-state index in [1.807, 2.05) is 47.8 Å². The van der Waals surface area contributed by atoms with Gasteiger partial charge in [0.25, 0.3) is 0 Å². The molecule has 2 aromatic carbocycles. The first-order valence-corrected chi connectivity index (χ1v) is 10.5. The van der Waals surface area contributed by atoms with Gasteiger partial charge in [0.1, 0.15) is 24.7 Å². The molecule has 0 atom stereocenters. The summed E-state index contributed by atoms with van der Waals surface area (Å²) >= 11 is 4.05. The zero-order valence-electron chi connectivity index (χ0n) is 14.3. The first kappa shape index (κ1) is 18.2. The van der Waals surface area contributed by atoms with E-state index in [2.05, 4.69) is 12.1 Å². The molecule has 0 aliphatic carbocycles. The SMILES string of the molecule is CC(=O)c1ccc(OCCOc2ccc(C3SCCCS3)cc2)cc1. The fourth-order valence-corrected chi connectivity index (χ4v) is 5.40. The van der Waals surface area contributed by atoms with Crippen molar-refractivity contribution in [3.05, 3.63) is 59.7 Å². The zero-order chi connectivity index (χ0) is 17.5. The number of hydrogen-bond donors (Lipinski definition) is 0. The number of thioether (sulfide) groups is 2. The normalized spacial score (nSPS) is 14.9. The molecule has 0 amide bonds. The van der Waals surface area contributed by atoms with Crippen molar-refractivity contribution in [1.82, 2.24) is 0 Å². The van der Waals surface area contributed by atoms with Crippen molar-refractivity contribution < 1.29 is 14.3 Å². The lowest BCUT2D eigenvalue weighted by molar-refractivity contribution is 0.101. The van der Waals surface area contributed by atoms with Crippen LogP contribution < -0.4 is 9.47 Å². The second-order valence-corrected chi connectivity index (χ2v) is 8.50. The van der Waals surface area contributed by atoms with Gasteiger partial charge in [-0.1, -0.05) is 12.1 Å². The number of hydrogen-bond acceptors (Lipinski definition) is 5. The Labute approximate surface area is 157 Å². The molecule has 132 valence electrons. The van der Waals surface area contributed by atoms with Crippen molar-refractivity contribution in [2.75, 3.05) is 24.7 Å². The minimum Gasteiger partial charge on any atom is -0.490 e. The quantitative estimate of drug-likeness (QED) is 0.491. The van der Waals surface area contributed by atoms with E-state index >= 15 is 0 Å². The summed E-state index contributed by atoms with van der Waals surface area (Å²) in [6.45, 7) is 2.51. The second-order valence-electron chi connectivity index (χ2n) is 5.77. The number of carbonyl (C=O) groups is 1. The molecule has 3 rings (SSSR count). The number of ketones is 1. The fourth-order valence-electron chi connectivity index (χ4n) is 2.51.